The summed E-state index contributed by atoms with van der Waals surface area (Å²) in [5.41, 5.74) is 4.22. The molecule has 1 aliphatic heterocycles. The lowest BCUT2D eigenvalue weighted by Gasteiger charge is -2.42. The number of nitrogens with one attached hydrogen (secondary N) is 1. The van der Waals surface area contributed by atoms with Gasteiger partial charge in [-0.2, -0.15) is 0 Å². The maximum absolute atomic E-state index is 12.6. The van der Waals surface area contributed by atoms with E-state index in [0.717, 1.165) is 36.2 Å². The summed E-state index contributed by atoms with van der Waals surface area (Å²) in [6.07, 6.45) is 1.67. The van der Waals surface area contributed by atoms with Crippen molar-refractivity contribution >= 4 is 11.7 Å². The van der Waals surface area contributed by atoms with Gasteiger partial charge < -0.3 is 20.2 Å². The molecule has 1 aromatic rings. The number of amides is 2. The van der Waals surface area contributed by atoms with Crippen molar-refractivity contribution in [3.8, 4) is 0 Å². The Morgan fingerprint density at radius 3 is 2.21 bits per heavy atom. The van der Waals surface area contributed by atoms with Crippen LogP contribution in [-0.2, 0) is 0 Å². The van der Waals surface area contributed by atoms with Crippen molar-refractivity contribution in [2.45, 2.75) is 33.6 Å². The second-order valence-corrected chi connectivity index (χ2v) is 7.59. The molecule has 2 rings (SSSR count). The molecule has 1 heterocycles. The summed E-state index contributed by atoms with van der Waals surface area (Å²) in [5.74, 6) is 0. The molecule has 2 N–H and O–H groups in total. The molecule has 0 saturated carbocycles. The molecule has 24 heavy (non-hydrogen) atoms. The van der Waals surface area contributed by atoms with Gasteiger partial charge in [-0.1, -0.05) is 17.7 Å². The maximum Gasteiger partial charge on any atom is 0.321 e. The number of urea groups is 1. The Morgan fingerprint density at radius 1 is 1.21 bits per heavy atom. The molecule has 5 heteroatoms. The fourth-order valence-corrected chi connectivity index (χ4v) is 3.78. The first-order chi connectivity index (χ1) is 11.3. The summed E-state index contributed by atoms with van der Waals surface area (Å²) in [7, 11) is 4.05. The first-order valence-corrected chi connectivity index (χ1v) is 8.66. The van der Waals surface area contributed by atoms with Gasteiger partial charge in [-0.25, -0.2) is 4.79 Å². The molecule has 5 nitrogen and oxygen atoms in total. The molecular formula is C19H31N3O2. The summed E-state index contributed by atoms with van der Waals surface area (Å²) in [6, 6.07) is 4.14. The number of hydrogen-bond donors (Lipinski definition) is 2. The van der Waals surface area contributed by atoms with Gasteiger partial charge >= 0.3 is 6.03 Å². The topological polar surface area (TPSA) is 55.8 Å². The van der Waals surface area contributed by atoms with Crippen LogP contribution in [0.2, 0.25) is 0 Å². The van der Waals surface area contributed by atoms with Crippen LogP contribution >= 0.6 is 0 Å². The molecular weight excluding hydrogens is 302 g/mol. The van der Waals surface area contributed by atoms with Crippen LogP contribution in [0.4, 0.5) is 10.5 Å². The molecule has 0 atom stereocenters. The number of aliphatic hydroxyl groups is 1. The summed E-state index contributed by atoms with van der Waals surface area (Å²) in [4.78, 5) is 16.6. The minimum Gasteiger partial charge on any atom is -0.396 e. The number of carbonyl (C=O) groups is 1. The second kappa shape index (κ2) is 7.53. The Kier molecular flexibility index (Phi) is 5.88. The molecule has 0 bridgehead atoms. The Balaban J connectivity index is 2.01. The van der Waals surface area contributed by atoms with Crippen molar-refractivity contribution in [3.05, 3.63) is 28.8 Å². The highest BCUT2D eigenvalue weighted by molar-refractivity contribution is 5.91. The lowest BCUT2D eigenvalue weighted by Crippen LogP contribution is -2.49. The summed E-state index contributed by atoms with van der Waals surface area (Å²) in [5, 5.41) is 12.9. The van der Waals surface area contributed by atoms with Crippen LogP contribution in [-0.4, -0.2) is 61.3 Å². The number of carbonyl (C=O) groups excluding carboxylic acids is 1. The van der Waals surface area contributed by atoms with Gasteiger partial charge in [0, 0.05) is 30.7 Å². The van der Waals surface area contributed by atoms with Gasteiger partial charge in [-0.3, -0.25) is 0 Å². The lowest BCUT2D eigenvalue weighted by atomic mass is 9.79. The van der Waals surface area contributed by atoms with Gasteiger partial charge in [0.2, 0.25) is 0 Å². The summed E-state index contributed by atoms with van der Waals surface area (Å²) < 4.78 is 0. The van der Waals surface area contributed by atoms with Crippen LogP contribution in [0.15, 0.2) is 12.1 Å². The molecule has 0 radical (unpaired) electrons. The normalized spacial score (nSPS) is 17.2. The molecule has 0 spiro atoms. The standard InChI is InChI=1S/C19H31N3O2/c1-14-10-15(2)17(16(3)11-14)20-18(24)22-8-6-19(13-23,7-9-22)12-21(4)5/h10-11,23H,6-9,12-13H2,1-5H3,(H,20,24). The van der Waals surface area contributed by atoms with Gasteiger partial charge in [0.1, 0.15) is 0 Å². The number of aliphatic hydroxyl groups excluding tert-OH is 1. The number of nitrogens with zero attached hydrogens (tertiary/aromatic N) is 2. The Labute approximate surface area is 145 Å². The van der Waals surface area contributed by atoms with Gasteiger partial charge in [0.25, 0.3) is 0 Å². The van der Waals surface area contributed by atoms with Gasteiger partial charge in [-0.05, 0) is 58.8 Å². The molecule has 0 aromatic heterocycles. The highest BCUT2D eigenvalue weighted by atomic mass is 16.3. The Morgan fingerprint density at radius 2 is 1.75 bits per heavy atom. The van der Waals surface area contributed by atoms with Crippen molar-refractivity contribution < 1.29 is 9.90 Å². The van der Waals surface area contributed by atoms with E-state index in [0.29, 0.717) is 13.1 Å². The molecule has 0 aliphatic carbocycles. The molecule has 0 unspecified atom stereocenters. The first-order valence-electron chi connectivity index (χ1n) is 8.66. The quantitative estimate of drug-likeness (QED) is 0.891. The zero-order valence-corrected chi connectivity index (χ0v) is 15.6. The van der Waals surface area contributed by atoms with E-state index < -0.39 is 0 Å². The van der Waals surface area contributed by atoms with E-state index in [-0.39, 0.29) is 18.1 Å². The maximum atomic E-state index is 12.6. The number of likely N-dealkylation sites (tertiary alicyclic amines) is 1. The average Bonchev–Trinajstić information content (AvgIpc) is 2.50. The summed E-state index contributed by atoms with van der Waals surface area (Å²) in [6.45, 7) is 8.52. The molecule has 1 aromatic carbocycles. The minimum absolute atomic E-state index is 0.0403. The number of aryl methyl sites for hydroxylation is 3. The number of piperidine rings is 1. The fraction of sp³-hybridized carbons (Fsp3) is 0.632. The second-order valence-electron chi connectivity index (χ2n) is 7.59. The van der Waals surface area contributed by atoms with Crippen molar-refractivity contribution in [2.24, 2.45) is 5.41 Å². The van der Waals surface area contributed by atoms with Crippen LogP contribution in [0.1, 0.15) is 29.5 Å². The van der Waals surface area contributed by atoms with Crippen LogP contribution in [0.5, 0.6) is 0 Å². The molecule has 134 valence electrons. The number of rotatable bonds is 4. The van der Waals surface area contributed by atoms with Crippen LogP contribution < -0.4 is 5.32 Å². The van der Waals surface area contributed by atoms with E-state index in [4.69, 9.17) is 0 Å². The van der Waals surface area contributed by atoms with E-state index in [1.807, 2.05) is 32.8 Å². The number of benzene rings is 1. The van der Waals surface area contributed by atoms with Crippen molar-refractivity contribution in [1.29, 1.82) is 0 Å². The zero-order chi connectivity index (χ0) is 17.9. The van der Waals surface area contributed by atoms with Crippen LogP contribution in [0, 0.1) is 26.2 Å². The van der Waals surface area contributed by atoms with Crippen LogP contribution in [0.25, 0.3) is 0 Å². The molecule has 1 fully saturated rings. The van der Waals surface area contributed by atoms with Crippen molar-refractivity contribution in [1.82, 2.24) is 9.80 Å². The minimum atomic E-state index is -0.0873. The first kappa shape index (κ1) is 18.7. The van der Waals surface area contributed by atoms with E-state index in [1.54, 1.807) is 0 Å². The van der Waals surface area contributed by atoms with Crippen LogP contribution in [0.3, 0.4) is 0 Å². The SMILES string of the molecule is Cc1cc(C)c(NC(=O)N2CCC(CO)(CN(C)C)CC2)c(C)c1. The number of anilines is 1. The number of hydrogen-bond acceptors (Lipinski definition) is 3. The van der Waals surface area contributed by atoms with E-state index in [9.17, 15) is 9.90 Å². The third-order valence-electron chi connectivity index (χ3n) is 5.01. The van der Waals surface area contributed by atoms with Gasteiger partial charge in [-0.15, -0.1) is 0 Å². The third-order valence-corrected chi connectivity index (χ3v) is 5.01. The Hall–Kier alpha value is -1.59. The molecule has 1 aliphatic rings. The van der Waals surface area contributed by atoms with Gasteiger partial charge in [0.05, 0.1) is 6.61 Å². The van der Waals surface area contributed by atoms with E-state index in [1.165, 1.54) is 5.56 Å². The summed E-state index contributed by atoms with van der Waals surface area (Å²) >= 11 is 0. The monoisotopic (exact) mass is 333 g/mol. The van der Waals surface area contributed by atoms with Crippen molar-refractivity contribution in [2.75, 3.05) is 45.7 Å². The van der Waals surface area contributed by atoms with E-state index >= 15 is 0 Å². The largest absolute Gasteiger partial charge is 0.396 e. The molecule has 2 amide bonds. The molecule has 1 saturated heterocycles. The lowest BCUT2D eigenvalue weighted by molar-refractivity contribution is 0.0358. The Bertz CT molecular complexity index is 567. The van der Waals surface area contributed by atoms with Gasteiger partial charge in [0.15, 0.2) is 0 Å². The predicted octanol–water partition coefficient (Wildman–Crippen LogP) is 2.78. The van der Waals surface area contributed by atoms with E-state index in [2.05, 4.69) is 29.3 Å². The highest BCUT2D eigenvalue weighted by Crippen LogP contribution is 2.32. The predicted molar refractivity (Wildman–Crippen MR) is 98.6 cm³/mol. The third kappa shape index (κ3) is 4.28. The van der Waals surface area contributed by atoms with Crippen molar-refractivity contribution in [3.63, 3.8) is 0 Å². The fourth-order valence-electron chi connectivity index (χ4n) is 3.78. The smallest absolute Gasteiger partial charge is 0.321 e. The highest BCUT2D eigenvalue weighted by Gasteiger charge is 2.36. The zero-order valence-electron chi connectivity index (χ0n) is 15.6. The average molecular weight is 333 g/mol.